The van der Waals surface area contributed by atoms with Gasteiger partial charge in [-0.2, -0.15) is 0 Å². The van der Waals surface area contributed by atoms with Crippen LogP contribution in [-0.2, 0) is 0 Å². The highest BCUT2D eigenvalue weighted by Gasteiger charge is 2.19. The highest BCUT2D eigenvalue weighted by molar-refractivity contribution is 6.08. The lowest BCUT2D eigenvalue weighted by molar-refractivity contribution is 0.0688. The van der Waals surface area contributed by atoms with Gasteiger partial charge in [-0.1, -0.05) is 12.1 Å². The second kappa shape index (κ2) is 4.45. The summed E-state index contributed by atoms with van der Waals surface area (Å²) in [5.41, 5.74) is -0.890. The van der Waals surface area contributed by atoms with Crippen molar-refractivity contribution in [2.75, 3.05) is 0 Å². The smallest absolute Gasteiger partial charge is 0.336 e. The Morgan fingerprint density at radius 3 is 1.62 bits per heavy atom. The van der Waals surface area contributed by atoms with Crippen LogP contribution < -0.4 is 5.43 Å². The molecular weight excluding hydrogens is 276 g/mol. The molecule has 0 saturated carbocycles. The highest BCUT2D eigenvalue weighted by Crippen LogP contribution is 2.23. The third kappa shape index (κ3) is 1.85. The zero-order chi connectivity index (χ0) is 15.1. The summed E-state index contributed by atoms with van der Waals surface area (Å²) in [6, 6.07) is 8.41. The first-order valence-corrected chi connectivity index (χ1v) is 5.96. The lowest BCUT2D eigenvalue weighted by atomic mass is 10.0. The van der Waals surface area contributed by atoms with Crippen molar-refractivity contribution in [2.24, 2.45) is 0 Å². The van der Waals surface area contributed by atoms with Gasteiger partial charge >= 0.3 is 11.9 Å². The summed E-state index contributed by atoms with van der Waals surface area (Å²) in [5.74, 6) is -2.56. The largest absolute Gasteiger partial charge is 0.478 e. The van der Waals surface area contributed by atoms with Crippen LogP contribution in [0.15, 0.2) is 45.6 Å². The average Bonchev–Trinajstić information content (AvgIpc) is 2.45. The Hall–Kier alpha value is -3.15. The molecule has 0 atom stereocenters. The molecular formula is C15H8O6. The second-order valence-electron chi connectivity index (χ2n) is 4.40. The van der Waals surface area contributed by atoms with Crippen molar-refractivity contribution >= 4 is 33.9 Å². The van der Waals surface area contributed by atoms with Crippen molar-refractivity contribution < 1.29 is 24.2 Å². The number of carbonyl (C=O) groups is 2. The van der Waals surface area contributed by atoms with Gasteiger partial charge in [-0.15, -0.1) is 0 Å². The molecule has 3 aromatic rings. The molecule has 1 aromatic heterocycles. The number of carboxylic acids is 2. The summed E-state index contributed by atoms with van der Waals surface area (Å²) < 4.78 is 5.48. The minimum atomic E-state index is -1.28. The molecule has 2 aromatic carbocycles. The van der Waals surface area contributed by atoms with Gasteiger partial charge in [0.1, 0.15) is 11.2 Å². The van der Waals surface area contributed by atoms with Gasteiger partial charge in [0.25, 0.3) is 0 Å². The van der Waals surface area contributed by atoms with Crippen LogP contribution in [0, 0.1) is 0 Å². The van der Waals surface area contributed by atoms with Crippen LogP contribution in [0.3, 0.4) is 0 Å². The number of carboxylic acid groups (broad SMARTS) is 2. The first-order valence-electron chi connectivity index (χ1n) is 5.96. The molecule has 0 spiro atoms. The van der Waals surface area contributed by atoms with Gasteiger partial charge in [-0.25, -0.2) is 9.59 Å². The third-order valence-electron chi connectivity index (χ3n) is 3.19. The summed E-state index contributed by atoms with van der Waals surface area (Å²) >= 11 is 0. The van der Waals surface area contributed by atoms with Gasteiger partial charge in [0.05, 0.1) is 21.9 Å². The first kappa shape index (κ1) is 12.9. The SMILES string of the molecule is O=C(O)c1cccc2oc3cccc(C(=O)O)c3c(=O)c12. The Morgan fingerprint density at radius 2 is 1.24 bits per heavy atom. The zero-order valence-corrected chi connectivity index (χ0v) is 10.5. The van der Waals surface area contributed by atoms with Crippen LogP contribution in [0.25, 0.3) is 21.9 Å². The Kier molecular flexibility index (Phi) is 2.72. The average molecular weight is 284 g/mol. The van der Waals surface area contributed by atoms with Crippen LogP contribution in [0.2, 0.25) is 0 Å². The van der Waals surface area contributed by atoms with E-state index in [0.29, 0.717) is 0 Å². The Bertz CT molecular complexity index is 892. The van der Waals surface area contributed by atoms with E-state index in [1.54, 1.807) is 0 Å². The molecule has 0 saturated heterocycles. The molecule has 0 aliphatic heterocycles. The number of rotatable bonds is 2. The van der Waals surface area contributed by atoms with E-state index in [9.17, 15) is 14.4 Å². The molecule has 2 N–H and O–H groups in total. The topological polar surface area (TPSA) is 105 Å². The van der Waals surface area contributed by atoms with Crippen LogP contribution >= 0.6 is 0 Å². The predicted molar refractivity (Wildman–Crippen MR) is 73.9 cm³/mol. The van der Waals surface area contributed by atoms with Crippen molar-refractivity contribution in [1.82, 2.24) is 0 Å². The third-order valence-corrected chi connectivity index (χ3v) is 3.19. The molecule has 0 aliphatic carbocycles. The molecule has 6 nitrogen and oxygen atoms in total. The highest BCUT2D eigenvalue weighted by atomic mass is 16.4. The van der Waals surface area contributed by atoms with Gasteiger partial charge in [0, 0.05) is 0 Å². The predicted octanol–water partition coefficient (Wildman–Crippen LogP) is 2.34. The minimum Gasteiger partial charge on any atom is -0.478 e. The molecule has 0 unspecified atom stereocenters. The molecule has 6 heteroatoms. The lowest BCUT2D eigenvalue weighted by Crippen LogP contribution is -2.12. The van der Waals surface area contributed by atoms with Crippen molar-refractivity contribution in [3.63, 3.8) is 0 Å². The maximum Gasteiger partial charge on any atom is 0.336 e. The van der Waals surface area contributed by atoms with E-state index in [-0.39, 0.29) is 33.1 Å². The second-order valence-corrected chi connectivity index (χ2v) is 4.40. The monoisotopic (exact) mass is 284 g/mol. The van der Waals surface area contributed by atoms with Gasteiger partial charge in [0.15, 0.2) is 0 Å². The van der Waals surface area contributed by atoms with E-state index in [4.69, 9.17) is 14.6 Å². The summed E-state index contributed by atoms with van der Waals surface area (Å²) in [7, 11) is 0. The molecule has 104 valence electrons. The number of fused-ring (bicyclic) bond motifs is 2. The maximum atomic E-state index is 12.6. The minimum absolute atomic E-state index is 0.106. The van der Waals surface area contributed by atoms with E-state index in [1.807, 2.05) is 0 Å². The summed E-state index contributed by atoms with van der Waals surface area (Å²) in [4.78, 5) is 35.0. The van der Waals surface area contributed by atoms with Crippen LogP contribution in [-0.4, -0.2) is 22.2 Å². The summed E-state index contributed by atoms with van der Waals surface area (Å²) in [5, 5.41) is 18.1. The number of aromatic carboxylic acids is 2. The molecule has 1 heterocycles. The van der Waals surface area contributed by atoms with Crippen LogP contribution in [0.5, 0.6) is 0 Å². The van der Waals surface area contributed by atoms with Crippen LogP contribution in [0.1, 0.15) is 20.7 Å². The molecule has 0 radical (unpaired) electrons. The van der Waals surface area contributed by atoms with E-state index in [2.05, 4.69) is 0 Å². The van der Waals surface area contributed by atoms with Gasteiger partial charge in [-0.3, -0.25) is 4.79 Å². The Morgan fingerprint density at radius 1 is 0.810 bits per heavy atom. The maximum absolute atomic E-state index is 12.6. The van der Waals surface area contributed by atoms with Crippen molar-refractivity contribution in [2.45, 2.75) is 0 Å². The quantitative estimate of drug-likeness (QED) is 0.700. The van der Waals surface area contributed by atoms with Crippen molar-refractivity contribution in [1.29, 1.82) is 0 Å². The Labute approximate surface area is 116 Å². The van der Waals surface area contributed by atoms with Crippen LogP contribution in [0.4, 0.5) is 0 Å². The molecule has 3 rings (SSSR count). The number of hydrogen-bond donors (Lipinski definition) is 2. The molecule has 0 bridgehead atoms. The van der Waals surface area contributed by atoms with Gasteiger partial charge in [-0.05, 0) is 24.3 Å². The van der Waals surface area contributed by atoms with Gasteiger partial charge in [0.2, 0.25) is 5.43 Å². The van der Waals surface area contributed by atoms with E-state index >= 15 is 0 Å². The van der Waals surface area contributed by atoms with Gasteiger partial charge < -0.3 is 14.6 Å². The standard InChI is InChI=1S/C15H8O6/c16-13-11-7(14(17)18)3-1-5-9(11)21-10-6-2-4-8(12(10)13)15(19)20/h1-6H,(H,17,18)(H,19,20). The fourth-order valence-electron chi connectivity index (χ4n) is 2.30. The zero-order valence-electron chi connectivity index (χ0n) is 10.5. The summed E-state index contributed by atoms with van der Waals surface area (Å²) in [6.07, 6.45) is 0. The van der Waals surface area contributed by atoms with E-state index < -0.39 is 17.4 Å². The molecule has 21 heavy (non-hydrogen) atoms. The fourth-order valence-corrected chi connectivity index (χ4v) is 2.30. The number of benzene rings is 2. The van der Waals surface area contributed by atoms with Crippen molar-refractivity contribution in [3.05, 3.63) is 57.7 Å². The fraction of sp³-hybridized carbons (Fsp3) is 0. The van der Waals surface area contributed by atoms with E-state index in [1.165, 1.54) is 36.4 Å². The molecule has 0 amide bonds. The molecule has 0 aliphatic rings. The van der Waals surface area contributed by atoms with E-state index in [0.717, 1.165) is 0 Å². The lowest BCUT2D eigenvalue weighted by Gasteiger charge is -2.05. The summed E-state index contributed by atoms with van der Waals surface area (Å²) in [6.45, 7) is 0. The Balaban J connectivity index is 2.62. The first-order chi connectivity index (χ1) is 10.0. The normalized spacial score (nSPS) is 10.9. The molecule has 0 fully saturated rings. The van der Waals surface area contributed by atoms with Crippen molar-refractivity contribution in [3.8, 4) is 0 Å². The number of hydrogen-bond acceptors (Lipinski definition) is 4.